The van der Waals surface area contributed by atoms with Gasteiger partial charge in [-0.3, -0.25) is 5.10 Å². The number of H-pyrrole nitrogens is 1. The first-order valence-electron chi connectivity index (χ1n) is 10.1. The van der Waals surface area contributed by atoms with Crippen LogP contribution in [0.15, 0.2) is 54.9 Å². The molecule has 4 aromatic rings. The van der Waals surface area contributed by atoms with Gasteiger partial charge in [-0.1, -0.05) is 18.2 Å². The lowest BCUT2D eigenvalue weighted by Gasteiger charge is -2.24. The van der Waals surface area contributed by atoms with Gasteiger partial charge in [0.15, 0.2) is 17.6 Å². The normalized spacial score (nSPS) is 14.5. The van der Waals surface area contributed by atoms with E-state index in [9.17, 15) is 26.3 Å². The number of fused-ring (bicyclic) bond motifs is 2. The van der Waals surface area contributed by atoms with Crippen LogP contribution in [0.5, 0.6) is 11.5 Å². The molecule has 5 rings (SSSR count). The number of thiazole rings is 1. The van der Waals surface area contributed by atoms with Crippen LogP contribution in [0, 0.1) is 0 Å². The molecule has 2 aromatic heterocycles. The van der Waals surface area contributed by atoms with Gasteiger partial charge >= 0.3 is 24.3 Å². The summed E-state index contributed by atoms with van der Waals surface area (Å²) < 4.78 is 76.5. The molecule has 38 heavy (non-hydrogen) atoms. The SMILES string of the molecule is O=C(O)C(F)(F)F.O=C(O)C(F)(F)F.c1ccc2c(c1)OCC(c1nc3ccc(-c4cn[nH]c4)cc3s1)O2. The van der Waals surface area contributed by atoms with Crippen molar-refractivity contribution in [1.29, 1.82) is 0 Å². The van der Waals surface area contributed by atoms with Crippen LogP contribution in [0.2, 0.25) is 0 Å². The number of aliphatic carboxylic acids is 2. The fourth-order valence-electron chi connectivity index (χ4n) is 2.81. The van der Waals surface area contributed by atoms with Crippen molar-refractivity contribution < 1.29 is 55.6 Å². The first kappa shape index (κ1) is 28.2. The average Bonchev–Trinajstić information content (AvgIpc) is 3.53. The van der Waals surface area contributed by atoms with Gasteiger partial charge in [-0.05, 0) is 29.8 Å². The van der Waals surface area contributed by atoms with Gasteiger partial charge in [-0.25, -0.2) is 14.6 Å². The first-order chi connectivity index (χ1) is 17.8. The van der Waals surface area contributed by atoms with Crippen LogP contribution in [0.4, 0.5) is 26.3 Å². The fourth-order valence-corrected chi connectivity index (χ4v) is 3.83. The van der Waals surface area contributed by atoms with E-state index in [0.717, 1.165) is 37.9 Å². The van der Waals surface area contributed by atoms with Gasteiger partial charge < -0.3 is 19.7 Å². The highest BCUT2D eigenvalue weighted by Gasteiger charge is 2.38. The van der Waals surface area contributed by atoms with Crippen LogP contribution in [-0.4, -0.2) is 56.3 Å². The summed E-state index contributed by atoms with van der Waals surface area (Å²) in [5.74, 6) is -3.95. The number of aromatic nitrogens is 3. The van der Waals surface area contributed by atoms with Gasteiger partial charge in [0.1, 0.15) is 11.6 Å². The quantitative estimate of drug-likeness (QED) is 0.274. The summed E-state index contributed by atoms with van der Waals surface area (Å²) in [5, 5.41) is 22.0. The molecule has 0 spiro atoms. The van der Waals surface area contributed by atoms with Crippen molar-refractivity contribution in [2.75, 3.05) is 6.61 Å². The van der Waals surface area contributed by atoms with E-state index in [1.165, 1.54) is 0 Å². The second-order valence-corrected chi connectivity index (χ2v) is 8.25. The van der Waals surface area contributed by atoms with Crippen LogP contribution in [0.3, 0.4) is 0 Å². The Bertz CT molecular complexity index is 1380. The fraction of sp³-hybridized carbons (Fsp3) is 0.182. The summed E-state index contributed by atoms with van der Waals surface area (Å²) >= 11 is 1.64. The lowest BCUT2D eigenvalue weighted by molar-refractivity contribution is -0.193. The zero-order valence-corrected chi connectivity index (χ0v) is 19.4. The van der Waals surface area contributed by atoms with Crippen molar-refractivity contribution in [3.63, 3.8) is 0 Å². The highest BCUT2D eigenvalue weighted by molar-refractivity contribution is 7.18. The predicted octanol–water partition coefficient (Wildman–Crippen LogP) is 5.47. The number of rotatable bonds is 2. The van der Waals surface area contributed by atoms with E-state index < -0.39 is 24.3 Å². The summed E-state index contributed by atoms with van der Waals surface area (Å²) in [6, 6.07) is 14.0. The molecule has 0 bridgehead atoms. The monoisotopic (exact) mass is 563 g/mol. The molecule has 1 unspecified atom stereocenters. The standard InChI is InChI=1S/C18H13N3O2S.2C2HF3O2/c1-2-4-15-14(3-1)22-10-16(23-15)18-21-13-6-5-11(7-17(13)24-18)12-8-19-20-9-12;2*3-2(4,5)1(6)7/h1-9,16H,10H2,(H,19,20);2*(H,6,7). The van der Waals surface area contributed by atoms with E-state index in [-0.39, 0.29) is 6.10 Å². The van der Waals surface area contributed by atoms with Crippen molar-refractivity contribution in [2.45, 2.75) is 18.5 Å². The average molecular weight is 563 g/mol. The molecule has 2 aromatic carbocycles. The summed E-state index contributed by atoms with van der Waals surface area (Å²) in [6.45, 7) is 0.478. The van der Waals surface area contributed by atoms with Gasteiger partial charge in [0, 0.05) is 11.8 Å². The maximum absolute atomic E-state index is 10.6. The first-order valence-corrected chi connectivity index (χ1v) is 11.0. The molecule has 1 atom stereocenters. The number of nitrogens with one attached hydrogen (secondary N) is 1. The second kappa shape index (κ2) is 11.4. The lowest BCUT2D eigenvalue weighted by Crippen LogP contribution is -2.21. The third-order valence-corrected chi connectivity index (χ3v) is 5.62. The summed E-state index contributed by atoms with van der Waals surface area (Å²) in [5.41, 5.74) is 3.17. The smallest absolute Gasteiger partial charge is 0.485 e. The molecule has 16 heteroatoms. The van der Waals surface area contributed by atoms with Gasteiger partial charge in [0.25, 0.3) is 0 Å². The van der Waals surface area contributed by atoms with E-state index in [1.54, 1.807) is 11.3 Å². The van der Waals surface area contributed by atoms with E-state index >= 15 is 0 Å². The zero-order chi connectivity index (χ0) is 28.1. The molecule has 0 fully saturated rings. The van der Waals surface area contributed by atoms with Gasteiger partial charge in [0.2, 0.25) is 0 Å². The number of ether oxygens (including phenoxy) is 2. The number of hydrogen-bond donors (Lipinski definition) is 3. The molecule has 3 N–H and O–H groups in total. The minimum atomic E-state index is -5.08. The molecule has 3 heterocycles. The number of carbonyl (C=O) groups is 2. The Labute approximate surface area is 212 Å². The number of para-hydroxylation sites is 2. The van der Waals surface area contributed by atoms with Crippen molar-refractivity contribution in [2.24, 2.45) is 0 Å². The Morgan fingerprint density at radius 2 is 1.55 bits per heavy atom. The van der Waals surface area contributed by atoms with Crippen LogP contribution in [0.25, 0.3) is 21.3 Å². The number of carboxylic acid groups (broad SMARTS) is 2. The Hall–Kier alpha value is -4.34. The van der Waals surface area contributed by atoms with E-state index in [2.05, 4.69) is 22.3 Å². The molecular formula is C22H15F6N3O6S. The third-order valence-electron chi connectivity index (χ3n) is 4.51. The number of alkyl halides is 6. The van der Waals surface area contributed by atoms with Crippen LogP contribution >= 0.6 is 11.3 Å². The van der Waals surface area contributed by atoms with Gasteiger partial charge in [-0.15, -0.1) is 11.3 Å². The minimum absolute atomic E-state index is 0.172. The largest absolute Gasteiger partial charge is 0.490 e. The zero-order valence-electron chi connectivity index (χ0n) is 18.6. The summed E-state index contributed by atoms with van der Waals surface area (Å²) in [4.78, 5) is 22.5. The molecule has 1 aliphatic heterocycles. The Kier molecular flexibility index (Phi) is 8.45. The minimum Gasteiger partial charge on any atom is -0.485 e. The lowest BCUT2D eigenvalue weighted by atomic mass is 10.1. The van der Waals surface area contributed by atoms with Gasteiger partial charge in [-0.2, -0.15) is 31.4 Å². The molecular weight excluding hydrogens is 548 g/mol. The second-order valence-electron chi connectivity index (χ2n) is 7.19. The number of hydrogen-bond acceptors (Lipinski definition) is 7. The highest BCUT2D eigenvalue weighted by Crippen LogP contribution is 2.38. The Morgan fingerprint density at radius 1 is 0.947 bits per heavy atom. The van der Waals surface area contributed by atoms with Crippen LogP contribution in [0.1, 0.15) is 11.1 Å². The number of benzene rings is 2. The predicted molar refractivity (Wildman–Crippen MR) is 120 cm³/mol. The van der Waals surface area contributed by atoms with Crippen molar-refractivity contribution in [1.82, 2.24) is 15.2 Å². The highest BCUT2D eigenvalue weighted by atomic mass is 32.1. The van der Waals surface area contributed by atoms with Crippen molar-refractivity contribution in [3.05, 3.63) is 59.9 Å². The van der Waals surface area contributed by atoms with Crippen LogP contribution < -0.4 is 9.47 Å². The molecule has 0 aliphatic carbocycles. The van der Waals surface area contributed by atoms with E-state index in [0.29, 0.717) is 6.61 Å². The maximum atomic E-state index is 10.6. The molecule has 0 saturated heterocycles. The van der Waals surface area contributed by atoms with Crippen molar-refractivity contribution in [3.8, 4) is 22.6 Å². The summed E-state index contributed by atoms with van der Waals surface area (Å²) in [7, 11) is 0. The van der Waals surface area contributed by atoms with Crippen LogP contribution in [-0.2, 0) is 9.59 Å². The Morgan fingerprint density at radius 3 is 2.11 bits per heavy atom. The summed E-state index contributed by atoms with van der Waals surface area (Å²) in [6.07, 6.45) is -6.63. The molecule has 0 amide bonds. The molecule has 202 valence electrons. The van der Waals surface area contributed by atoms with Crippen molar-refractivity contribution >= 4 is 33.5 Å². The molecule has 0 radical (unpaired) electrons. The third kappa shape index (κ3) is 7.34. The number of carboxylic acids is 2. The number of aromatic amines is 1. The molecule has 1 aliphatic rings. The van der Waals surface area contributed by atoms with E-state index in [1.807, 2.05) is 42.7 Å². The number of nitrogens with zero attached hydrogens (tertiary/aromatic N) is 2. The van der Waals surface area contributed by atoms with Gasteiger partial charge in [0.05, 0.1) is 16.4 Å². The topological polar surface area (TPSA) is 135 Å². The number of halogens is 6. The van der Waals surface area contributed by atoms with E-state index in [4.69, 9.17) is 34.3 Å². The Balaban J connectivity index is 0.000000239. The molecule has 0 saturated carbocycles. The molecule has 9 nitrogen and oxygen atoms in total. The maximum Gasteiger partial charge on any atom is 0.490 e.